The molecule has 138 valence electrons. The molecule has 1 aromatic carbocycles. The normalized spacial score (nSPS) is 17.2. The van der Waals surface area contributed by atoms with Gasteiger partial charge in [0.1, 0.15) is 30.9 Å². The van der Waals surface area contributed by atoms with Gasteiger partial charge in [-0.05, 0) is 32.9 Å². The lowest BCUT2D eigenvalue weighted by atomic mass is 10.1. The van der Waals surface area contributed by atoms with Crippen molar-refractivity contribution in [3.8, 4) is 0 Å². The summed E-state index contributed by atoms with van der Waals surface area (Å²) in [4.78, 5) is 24.9. The molecule has 0 saturated carbocycles. The number of carbonyl (C=O) groups is 2. The quantitative estimate of drug-likeness (QED) is 0.504. The maximum atomic E-state index is 13.3. The standard InChI is InChI=1S/C19H28FN3O2/c1-19(2,3)21-18(25)22-10-13-23(14-11-22,12-4-5-15-24)17-8-6-16(20)7-9-17/h6-9,15H,4-5,10-14H2,1-3H3/p+1. The molecule has 1 saturated heterocycles. The van der Waals surface area contributed by atoms with Crippen molar-refractivity contribution in [2.24, 2.45) is 0 Å². The number of benzene rings is 1. The van der Waals surface area contributed by atoms with E-state index in [4.69, 9.17) is 0 Å². The van der Waals surface area contributed by atoms with E-state index in [0.717, 1.165) is 38.0 Å². The minimum absolute atomic E-state index is 0.0442. The number of hydrogen-bond donors (Lipinski definition) is 1. The molecule has 0 bridgehead atoms. The second kappa shape index (κ2) is 7.95. The number of carbonyl (C=O) groups excluding carboxylic acids is 2. The largest absolute Gasteiger partial charge is 0.333 e. The van der Waals surface area contributed by atoms with Gasteiger partial charge in [-0.2, -0.15) is 0 Å². The summed E-state index contributed by atoms with van der Waals surface area (Å²) in [5.74, 6) is -0.252. The predicted molar refractivity (Wildman–Crippen MR) is 98.0 cm³/mol. The van der Waals surface area contributed by atoms with E-state index in [9.17, 15) is 14.0 Å². The first-order valence-corrected chi connectivity index (χ1v) is 8.89. The molecule has 0 spiro atoms. The molecule has 0 radical (unpaired) electrons. The van der Waals surface area contributed by atoms with Crippen molar-refractivity contribution in [2.75, 3.05) is 32.7 Å². The second-order valence-electron chi connectivity index (χ2n) is 7.77. The van der Waals surface area contributed by atoms with Crippen LogP contribution in [0.2, 0.25) is 0 Å². The van der Waals surface area contributed by atoms with Crippen molar-refractivity contribution >= 4 is 18.0 Å². The summed E-state index contributed by atoms with van der Waals surface area (Å²) >= 11 is 0. The third-order valence-electron chi connectivity index (χ3n) is 4.65. The van der Waals surface area contributed by atoms with Crippen LogP contribution in [0, 0.1) is 5.82 Å². The summed E-state index contributed by atoms with van der Waals surface area (Å²) in [5.41, 5.74) is 0.782. The molecule has 0 aromatic heterocycles. The minimum Gasteiger partial charge on any atom is -0.333 e. The lowest BCUT2D eigenvalue weighted by Crippen LogP contribution is -2.64. The van der Waals surface area contributed by atoms with Gasteiger partial charge in [-0.15, -0.1) is 0 Å². The van der Waals surface area contributed by atoms with Crippen LogP contribution < -0.4 is 9.80 Å². The molecule has 1 heterocycles. The first-order valence-electron chi connectivity index (χ1n) is 8.89. The molecule has 1 fully saturated rings. The van der Waals surface area contributed by atoms with Crippen LogP contribution in [0.4, 0.5) is 14.9 Å². The Morgan fingerprint density at radius 2 is 1.84 bits per heavy atom. The van der Waals surface area contributed by atoms with Gasteiger partial charge in [0.2, 0.25) is 0 Å². The maximum Gasteiger partial charge on any atom is 0.318 e. The predicted octanol–water partition coefficient (Wildman–Crippen LogP) is 2.94. The zero-order valence-electron chi connectivity index (χ0n) is 15.4. The smallest absolute Gasteiger partial charge is 0.318 e. The van der Waals surface area contributed by atoms with Gasteiger partial charge in [-0.3, -0.25) is 4.48 Å². The van der Waals surface area contributed by atoms with Crippen LogP contribution in [0.5, 0.6) is 0 Å². The van der Waals surface area contributed by atoms with Gasteiger partial charge in [0, 0.05) is 30.5 Å². The van der Waals surface area contributed by atoms with Crippen LogP contribution in [-0.2, 0) is 4.79 Å². The number of nitrogens with one attached hydrogen (secondary N) is 1. The third-order valence-corrected chi connectivity index (χ3v) is 4.65. The van der Waals surface area contributed by atoms with Crippen molar-refractivity contribution < 1.29 is 14.0 Å². The molecular weight excluding hydrogens is 321 g/mol. The number of rotatable bonds is 5. The molecule has 2 rings (SSSR count). The lowest BCUT2D eigenvalue weighted by Gasteiger charge is -2.45. The Kier molecular flexibility index (Phi) is 6.16. The van der Waals surface area contributed by atoms with E-state index >= 15 is 0 Å². The first-order chi connectivity index (χ1) is 11.8. The summed E-state index contributed by atoms with van der Waals surface area (Å²) in [6.07, 6.45) is 2.25. The Morgan fingerprint density at radius 1 is 1.24 bits per heavy atom. The molecule has 6 heteroatoms. The van der Waals surface area contributed by atoms with Gasteiger partial charge in [-0.25, -0.2) is 9.18 Å². The van der Waals surface area contributed by atoms with Crippen molar-refractivity contribution in [3.05, 3.63) is 30.1 Å². The molecule has 1 aliphatic rings. The summed E-state index contributed by atoms with van der Waals surface area (Å²) in [6, 6.07) is 6.56. The lowest BCUT2D eigenvalue weighted by molar-refractivity contribution is -0.108. The Hall–Kier alpha value is -1.95. The highest BCUT2D eigenvalue weighted by molar-refractivity contribution is 5.75. The van der Waals surface area contributed by atoms with Gasteiger partial charge in [-0.1, -0.05) is 0 Å². The summed E-state index contributed by atoms with van der Waals surface area (Å²) < 4.78 is 14.0. The number of amides is 2. The highest BCUT2D eigenvalue weighted by Crippen LogP contribution is 2.27. The fourth-order valence-electron chi connectivity index (χ4n) is 3.30. The van der Waals surface area contributed by atoms with Crippen LogP contribution in [0.1, 0.15) is 33.6 Å². The third kappa shape index (κ3) is 5.26. The average Bonchev–Trinajstić information content (AvgIpc) is 2.54. The van der Waals surface area contributed by atoms with Gasteiger partial charge in [0.25, 0.3) is 0 Å². The van der Waals surface area contributed by atoms with Crippen LogP contribution >= 0.6 is 0 Å². The molecule has 25 heavy (non-hydrogen) atoms. The number of aldehydes is 1. The first kappa shape index (κ1) is 19.4. The van der Waals surface area contributed by atoms with E-state index in [0.29, 0.717) is 24.0 Å². The molecular formula is C19H29FN3O2+. The Balaban J connectivity index is 2.10. The van der Waals surface area contributed by atoms with E-state index in [1.807, 2.05) is 37.8 Å². The molecule has 1 N–H and O–H groups in total. The second-order valence-corrected chi connectivity index (χ2v) is 7.77. The van der Waals surface area contributed by atoms with E-state index in [1.165, 1.54) is 12.1 Å². The molecule has 1 aliphatic heterocycles. The van der Waals surface area contributed by atoms with E-state index < -0.39 is 0 Å². The van der Waals surface area contributed by atoms with Gasteiger partial charge >= 0.3 is 6.03 Å². The van der Waals surface area contributed by atoms with E-state index in [1.54, 1.807) is 0 Å². The molecule has 0 unspecified atom stereocenters. The molecule has 0 atom stereocenters. The van der Waals surface area contributed by atoms with Crippen LogP contribution in [0.25, 0.3) is 0 Å². The van der Waals surface area contributed by atoms with Crippen LogP contribution in [-0.4, -0.2) is 55.5 Å². The van der Waals surface area contributed by atoms with Gasteiger partial charge in [0.05, 0.1) is 19.6 Å². The van der Waals surface area contributed by atoms with Crippen molar-refractivity contribution in [3.63, 3.8) is 0 Å². The zero-order valence-corrected chi connectivity index (χ0v) is 15.4. The number of hydrogen-bond acceptors (Lipinski definition) is 2. The van der Waals surface area contributed by atoms with E-state index in [2.05, 4.69) is 5.32 Å². The Morgan fingerprint density at radius 3 is 2.36 bits per heavy atom. The maximum absolute atomic E-state index is 13.3. The van der Waals surface area contributed by atoms with Gasteiger partial charge in [0.15, 0.2) is 0 Å². The average molecular weight is 350 g/mol. The van der Waals surface area contributed by atoms with Crippen molar-refractivity contribution in [1.82, 2.24) is 14.7 Å². The summed E-state index contributed by atoms with van der Waals surface area (Å²) in [7, 11) is 0. The number of quaternary nitrogens is 1. The Bertz CT molecular complexity index is 588. The zero-order chi connectivity index (χ0) is 18.5. The number of piperazine rings is 1. The number of urea groups is 1. The highest BCUT2D eigenvalue weighted by atomic mass is 19.1. The fraction of sp³-hybridized carbons (Fsp3) is 0.579. The monoisotopic (exact) mass is 350 g/mol. The molecule has 0 aliphatic carbocycles. The summed E-state index contributed by atoms with van der Waals surface area (Å²) in [5, 5.41) is 3.00. The van der Waals surface area contributed by atoms with Crippen molar-refractivity contribution in [2.45, 2.75) is 39.2 Å². The van der Waals surface area contributed by atoms with E-state index in [-0.39, 0.29) is 17.4 Å². The molecule has 5 nitrogen and oxygen atoms in total. The highest BCUT2D eigenvalue weighted by Gasteiger charge is 2.36. The van der Waals surface area contributed by atoms with Crippen LogP contribution in [0.15, 0.2) is 24.3 Å². The Labute approximate surface area is 149 Å². The number of unbranched alkanes of at least 4 members (excludes halogenated alkanes) is 1. The van der Waals surface area contributed by atoms with Gasteiger partial charge < -0.3 is 15.0 Å². The fourth-order valence-corrected chi connectivity index (χ4v) is 3.30. The number of nitrogens with zero attached hydrogens (tertiary/aromatic N) is 2. The van der Waals surface area contributed by atoms with Crippen LogP contribution in [0.3, 0.4) is 0 Å². The number of halogens is 1. The molecule has 2 amide bonds. The topological polar surface area (TPSA) is 49.4 Å². The minimum atomic E-state index is -0.263. The van der Waals surface area contributed by atoms with Crippen molar-refractivity contribution in [1.29, 1.82) is 0 Å². The summed E-state index contributed by atoms with van der Waals surface area (Å²) in [6.45, 7) is 9.53. The SMILES string of the molecule is CC(C)(C)NC(=O)N1CC[N+](CCCC=O)(c2ccc(F)cc2)CC1. The molecule has 1 aromatic rings.